The summed E-state index contributed by atoms with van der Waals surface area (Å²) in [4.78, 5) is 14.5. The molecule has 0 radical (unpaired) electrons. The molecule has 0 saturated carbocycles. The number of fused-ring (bicyclic) bond motifs is 1. The Kier molecular flexibility index (Phi) is 3.95. The Hall–Kier alpha value is -1.35. The van der Waals surface area contributed by atoms with Gasteiger partial charge in [-0.25, -0.2) is 0 Å². The molecular weight excluding hydrogens is 236 g/mol. The van der Waals surface area contributed by atoms with Crippen molar-refractivity contribution < 1.29 is 4.79 Å². The quantitative estimate of drug-likeness (QED) is 0.907. The number of hydrogen-bond acceptors (Lipinski definition) is 2. The zero-order chi connectivity index (χ0) is 14.0. The summed E-state index contributed by atoms with van der Waals surface area (Å²) in [7, 11) is 0. The van der Waals surface area contributed by atoms with Gasteiger partial charge in [-0.2, -0.15) is 0 Å². The standard InChI is InChI=1S/C16H24N2O/c1-16(2,3)8-14(9-17)15(19)18-10-12-6-4-5-7-13(12)11-18/h4-7,14H,8-11,17H2,1-3H3. The first-order chi connectivity index (χ1) is 8.90. The predicted molar refractivity (Wildman–Crippen MR) is 77.3 cm³/mol. The molecule has 1 aliphatic heterocycles. The molecule has 3 nitrogen and oxygen atoms in total. The molecule has 1 heterocycles. The average molecular weight is 260 g/mol. The van der Waals surface area contributed by atoms with Crippen LogP contribution in [0.2, 0.25) is 0 Å². The van der Waals surface area contributed by atoms with E-state index in [0.717, 1.165) is 19.5 Å². The lowest BCUT2D eigenvalue weighted by atomic mass is 9.84. The second-order valence-electron chi connectivity index (χ2n) is 6.66. The first-order valence-electron chi connectivity index (χ1n) is 6.96. The zero-order valence-corrected chi connectivity index (χ0v) is 12.1. The van der Waals surface area contributed by atoms with Gasteiger partial charge in [0.05, 0.1) is 5.92 Å². The topological polar surface area (TPSA) is 46.3 Å². The molecule has 104 valence electrons. The third kappa shape index (κ3) is 3.35. The molecule has 0 bridgehead atoms. The van der Waals surface area contributed by atoms with Gasteiger partial charge in [0, 0.05) is 19.6 Å². The second kappa shape index (κ2) is 5.33. The van der Waals surface area contributed by atoms with Crippen LogP contribution in [0, 0.1) is 11.3 Å². The normalized spacial score (nSPS) is 16.3. The highest BCUT2D eigenvalue weighted by Crippen LogP contribution is 2.28. The Morgan fingerprint density at radius 3 is 2.21 bits per heavy atom. The van der Waals surface area contributed by atoms with Crippen LogP contribution in [0.1, 0.15) is 38.3 Å². The maximum atomic E-state index is 12.6. The van der Waals surface area contributed by atoms with E-state index in [1.54, 1.807) is 0 Å². The predicted octanol–water partition coefficient (Wildman–Crippen LogP) is 2.54. The molecule has 0 aromatic heterocycles. The van der Waals surface area contributed by atoms with E-state index in [9.17, 15) is 4.79 Å². The fourth-order valence-electron chi connectivity index (χ4n) is 2.76. The lowest BCUT2D eigenvalue weighted by Gasteiger charge is -2.27. The molecule has 3 heteroatoms. The Bertz CT molecular complexity index is 437. The number of amides is 1. The SMILES string of the molecule is CC(C)(C)CC(CN)C(=O)N1Cc2ccccc2C1. The first-order valence-corrected chi connectivity index (χ1v) is 6.96. The molecule has 19 heavy (non-hydrogen) atoms. The Morgan fingerprint density at radius 2 is 1.79 bits per heavy atom. The van der Waals surface area contributed by atoms with E-state index in [1.165, 1.54) is 11.1 Å². The van der Waals surface area contributed by atoms with Crippen molar-refractivity contribution in [1.82, 2.24) is 4.90 Å². The molecule has 0 spiro atoms. The van der Waals surface area contributed by atoms with Crippen molar-refractivity contribution in [2.45, 2.75) is 40.3 Å². The van der Waals surface area contributed by atoms with Gasteiger partial charge < -0.3 is 10.6 Å². The van der Waals surface area contributed by atoms with Crippen LogP contribution in [0.5, 0.6) is 0 Å². The smallest absolute Gasteiger partial charge is 0.227 e. The maximum Gasteiger partial charge on any atom is 0.227 e. The lowest BCUT2D eigenvalue weighted by molar-refractivity contribution is -0.136. The summed E-state index contributed by atoms with van der Waals surface area (Å²) in [5, 5.41) is 0. The van der Waals surface area contributed by atoms with E-state index in [2.05, 4.69) is 32.9 Å². The Labute approximate surface area is 115 Å². The van der Waals surface area contributed by atoms with Crippen LogP contribution in [0.3, 0.4) is 0 Å². The van der Waals surface area contributed by atoms with Gasteiger partial charge in [-0.1, -0.05) is 45.0 Å². The molecule has 0 fully saturated rings. The third-order valence-electron chi connectivity index (χ3n) is 3.65. The van der Waals surface area contributed by atoms with Gasteiger partial charge in [0.1, 0.15) is 0 Å². The Balaban J connectivity index is 2.05. The molecule has 2 N–H and O–H groups in total. The van der Waals surface area contributed by atoms with Gasteiger partial charge in [-0.05, 0) is 23.0 Å². The van der Waals surface area contributed by atoms with Gasteiger partial charge >= 0.3 is 0 Å². The molecule has 2 rings (SSSR count). The van der Waals surface area contributed by atoms with E-state index in [0.29, 0.717) is 6.54 Å². The summed E-state index contributed by atoms with van der Waals surface area (Å²) in [6.07, 6.45) is 0.842. The fraction of sp³-hybridized carbons (Fsp3) is 0.562. The van der Waals surface area contributed by atoms with Crippen LogP contribution in [0.25, 0.3) is 0 Å². The van der Waals surface area contributed by atoms with Crippen LogP contribution in [0.4, 0.5) is 0 Å². The van der Waals surface area contributed by atoms with Crippen molar-refractivity contribution in [1.29, 1.82) is 0 Å². The molecule has 0 aliphatic carbocycles. The minimum absolute atomic E-state index is 0.0608. The van der Waals surface area contributed by atoms with Crippen LogP contribution in [0.15, 0.2) is 24.3 Å². The van der Waals surface area contributed by atoms with Gasteiger partial charge in [0.25, 0.3) is 0 Å². The largest absolute Gasteiger partial charge is 0.334 e. The number of benzene rings is 1. The van der Waals surface area contributed by atoms with Crippen molar-refractivity contribution in [3.8, 4) is 0 Å². The molecule has 1 atom stereocenters. The summed E-state index contributed by atoms with van der Waals surface area (Å²) < 4.78 is 0. The van der Waals surface area contributed by atoms with E-state index in [4.69, 9.17) is 5.73 Å². The molecule has 1 unspecified atom stereocenters. The summed E-state index contributed by atoms with van der Waals surface area (Å²) in [6, 6.07) is 8.26. The molecular formula is C16H24N2O. The van der Waals surface area contributed by atoms with Crippen molar-refractivity contribution in [2.75, 3.05) is 6.54 Å². The second-order valence-corrected chi connectivity index (χ2v) is 6.66. The highest BCUT2D eigenvalue weighted by atomic mass is 16.2. The van der Waals surface area contributed by atoms with Gasteiger partial charge in [0.2, 0.25) is 5.91 Å². The molecule has 0 saturated heterocycles. The number of carbonyl (C=O) groups is 1. The molecule has 1 amide bonds. The Morgan fingerprint density at radius 1 is 1.26 bits per heavy atom. The van der Waals surface area contributed by atoms with Crippen molar-refractivity contribution in [3.05, 3.63) is 35.4 Å². The van der Waals surface area contributed by atoms with Crippen molar-refractivity contribution in [3.63, 3.8) is 0 Å². The van der Waals surface area contributed by atoms with E-state index < -0.39 is 0 Å². The van der Waals surface area contributed by atoms with Crippen LogP contribution < -0.4 is 5.73 Å². The van der Waals surface area contributed by atoms with Gasteiger partial charge in [-0.15, -0.1) is 0 Å². The maximum absolute atomic E-state index is 12.6. The summed E-state index contributed by atoms with van der Waals surface area (Å²) >= 11 is 0. The minimum Gasteiger partial charge on any atom is -0.334 e. The molecule has 1 aromatic rings. The summed E-state index contributed by atoms with van der Waals surface area (Å²) in [6.45, 7) is 8.36. The number of nitrogens with zero attached hydrogens (tertiary/aromatic N) is 1. The third-order valence-corrected chi connectivity index (χ3v) is 3.65. The number of rotatable bonds is 3. The van der Waals surface area contributed by atoms with Crippen LogP contribution in [-0.4, -0.2) is 17.4 Å². The van der Waals surface area contributed by atoms with Gasteiger partial charge in [-0.3, -0.25) is 4.79 Å². The molecule has 1 aliphatic rings. The van der Waals surface area contributed by atoms with E-state index in [1.807, 2.05) is 17.0 Å². The van der Waals surface area contributed by atoms with Crippen LogP contribution in [-0.2, 0) is 17.9 Å². The van der Waals surface area contributed by atoms with Crippen LogP contribution >= 0.6 is 0 Å². The number of nitrogens with two attached hydrogens (primary N) is 1. The van der Waals surface area contributed by atoms with Gasteiger partial charge in [0.15, 0.2) is 0 Å². The van der Waals surface area contributed by atoms with Crippen molar-refractivity contribution in [2.24, 2.45) is 17.1 Å². The zero-order valence-electron chi connectivity index (χ0n) is 12.1. The monoisotopic (exact) mass is 260 g/mol. The first kappa shape index (κ1) is 14.1. The number of carbonyl (C=O) groups excluding carboxylic acids is 1. The van der Waals surface area contributed by atoms with E-state index in [-0.39, 0.29) is 17.2 Å². The number of hydrogen-bond donors (Lipinski definition) is 1. The summed E-state index contributed by atoms with van der Waals surface area (Å²) in [5.41, 5.74) is 8.47. The molecule has 1 aromatic carbocycles. The highest BCUT2D eigenvalue weighted by Gasteiger charge is 2.30. The fourth-order valence-corrected chi connectivity index (χ4v) is 2.76. The highest BCUT2D eigenvalue weighted by molar-refractivity contribution is 5.79. The minimum atomic E-state index is -0.0608. The van der Waals surface area contributed by atoms with Crippen molar-refractivity contribution >= 4 is 5.91 Å². The summed E-state index contributed by atoms with van der Waals surface area (Å²) in [5.74, 6) is 0.142. The average Bonchev–Trinajstić information content (AvgIpc) is 2.77. The van der Waals surface area contributed by atoms with E-state index >= 15 is 0 Å². The lowest BCUT2D eigenvalue weighted by Crippen LogP contribution is -2.37.